The molecular formula is C16H25FN2. The van der Waals surface area contributed by atoms with Gasteiger partial charge in [-0.3, -0.25) is 4.90 Å². The first-order valence-corrected chi connectivity index (χ1v) is 7.32. The molecule has 0 amide bonds. The number of halogens is 1. The van der Waals surface area contributed by atoms with Gasteiger partial charge in [-0.15, -0.1) is 0 Å². The molecule has 0 aliphatic carbocycles. The lowest BCUT2D eigenvalue weighted by Gasteiger charge is -2.42. The second-order valence-corrected chi connectivity index (χ2v) is 5.53. The minimum Gasteiger partial charge on any atom is -0.319 e. The maximum atomic E-state index is 13.3. The standard InChI is InChI=1S/C16H25FN2/c1-4-19-9-5-6-13(11-18-3)16(19)15-8-7-14(17)10-12(15)2/h7-8,10,13,16,18H,4-6,9,11H2,1-3H3. The summed E-state index contributed by atoms with van der Waals surface area (Å²) in [5, 5.41) is 3.31. The van der Waals surface area contributed by atoms with E-state index in [4.69, 9.17) is 0 Å². The number of nitrogens with one attached hydrogen (secondary N) is 1. The molecule has 1 fully saturated rings. The van der Waals surface area contributed by atoms with E-state index in [1.807, 2.05) is 20.0 Å². The Bertz CT molecular complexity index is 417. The minimum atomic E-state index is -0.134. The second kappa shape index (κ2) is 6.49. The van der Waals surface area contributed by atoms with Gasteiger partial charge in [0.25, 0.3) is 0 Å². The van der Waals surface area contributed by atoms with Gasteiger partial charge in [-0.2, -0.15) is 0 Å². The number of hydrogen-bond acceptors (Lipinski definition) is 2. The summed E-state index contributed by atoms with van der Waals surface area (Å²) in [7, 11) is 2.01. The van der Waals surface area contributed by atoms with Crippen LogP contribution in [0.15, 0.2) is 18.2 Å². The van der Waals surface area contributed by atoms with Crippen LogP contribution < -0.4 is 5.32 Å². The van der Waals surface area contributed by atoms with Crippen molar-refractivity contribution in [3.05, 3.63) is 35.1 Å². The zero-order valence-corrected chi connectivity index (χ0v) is 12.2. The van der Waals surface area contributed by atoms with Crippen LogP contribution in [0.1, 0.15) is 36.9 Å². The van der Waals surface area contributed by atoms with E-state index in [2.05, 4.69) is 17.1 Å². The van der Waals surface area contributed by atoms with E-state index in [0.29, 0.717) is 12.0 Å². The molecule has 0 aromatic heterocycles. The van der Waals surface area contributed by atoms with Gasteiger partial charge in [0.05, 0.1) is 0 Å². The van der Waals surface area contributed by atoms with Crippen LogP contribution >= 0.6 is 0 Å². The highest BCUT2D eigenvalue weighted by atomic mass is 19.1. The lowest BCUT2D eigenvalue weighted by atomic mass is 9.83. The van der Waals surface area contributed by atoms with Crippen LogP contribution in [0.2, 0.25) is 0 Å². The fourth-order valence-corrected chi connectivity index (χ4v) is 3.40. The highest BCUT2D eigenvalue weighted by Crippen LogP contribution is 2.37. The average molecular weight is 264 g/mol. The molecule has 1 N–H and O–H groups in total. The van der Waals surface area contributed by atoms with Gasteiger partial charge in [0.1, 0.15) is 5.82 Å². The summed E-state index contributed by atoms with van der Waals surface area (Å²) in [6, 6.07) is 5.66. The molecule has 2 atom stereocenters. The molecule has 1 saturated heterocycles. The van der Waals surface area contributed by atoms with Crippen molar-refractivity contribution in [2.45, 2.75) is 32.7 Å². The van der Waals surface area contributed by atoms with Crippen LogP contribution in [0, 0.1) is 18.7 Å². The fourth-order valence-electron chi connectivity index (χ4n) is 3.40. The van der Waals surface area contributed by atoms with Crippen molar-refractivity contribution in [2.75, 3.05) is 26.7 Å². The van der Waals surface area contributed by atoms with Crippen LogP contribution in [-0.2, 0) is 0 Å². The third kappa shape index (κ3) is 3.15. The van der Waals surface area contributed by atoms with Crippen LogP contribution in [-0.4, -0.2) is 31.6 Å². The van der Waals surface area contributed by atoms with E-state index in [0.717, 1.165) is 25.2 Å². The predicted molar refractivity (Wildman–Crippen MR) is 77.8 cm³/mol. The van der Waals surface area contributed by atoms with Crippen molar-refractivity contribution in [1.29, 1.82) is 0 Å². The molecular weight excluding hydrogens is 239 g/mol. The molecule has 0 bridgehead atoms. The molecule has 3 heteroatoms. The first-order chi connectivity index (χ1) is 9.17. The molecule has 1 heterocycles. The SMILES string of the molecule is CCN1CCCC(CNC)C1c1ccc(F)cc1C. The van der Waals surface area contributed by atoms with Gasteiger partial charge >= 0.3 is 0 Å². The summed E-state index contributed by atoms with van der Waals surface area (Å²) in [4.78, 5) is 2.53. The number of hydrogen-bond donors (Lipinski definition) is 1. The second-order valence-electron chi connectivity index (χ2n) is 5.53. The first kappa shape index (κ1) is 14.5. The largest absolute Gasteiger partial charge is 0.319 e. The zero-order valence-electron chi connectivity index (χ0n) is 12.2. The van der Waals surface area contributed by atoms with Gasteiger partial charge in [-0.1, -0.05) is 13.0 Å². The maximum absolute atomic E-state index is 13.3. The molecule has 1 aliphatic heterocycles. The van der Waals surface area contributed by atoms with Crippen molar-refractivity contribution in [2.24, 2.45) is 5.92 Å². The molecule has 1 aliphatic rings. The molecule has 0 spiro atoms. The summed E-state index contributed by atoms with van der Waals surface area (Å²) in [5.74, 6) is 0.480. The predicted octanol–water partition coefficient (Wildman–Crippen LogP) is 3.13. The molecule has 2 nitrogen and oxygen atoms in total. The van der Waals surface area contributed by atoms with Gasteiger partial charge in [0, 0.05) is 6.04 Å². The van der Waals surface area contributed by atoms with E-state index in [-0.39, 0.29) is 5.82 Å². The quantitative estimate of drug-likeness (QED) is 0.899. The summed E-state index contributed by atoms with van der Waals surface area (Å²) < 4.78 is 13.3. The summed E-state index contributed by atoms with van der Waals surface area (Å²) in [6.07, 6.45) is 2.51. The Morgan fingerprint density at radius 2 is 2.21 bits per heavy atom. The van der Waals surface area contributed by atoms with Gasteiger partial charge in [-0.05, 0) is 75.6 Å². The Labute approximate surface area is 116 Å². The van der Waals surface area contributed by atoms with Crippen molar-refractivity contribution in [1.82, 2.24) is 10.2 Å². The average Bonchev–Trinajstić information content (AvgIpc) is 2.39. The number of aryl methyl sites for hydroxylation is 1. The Hall–Kier alpha value is -0.930. The van der Waals surface area contributed by atoms with Crippen molar-refractivity contribution in [3.63, 3.8) is 0 Å². The lowest BCUT2D eigenvalue weighted by Crippen LogP contribution is -2.42. The van der Waals surface area contributed by atoms with E-state index >= 15 is 0 Å². The topological polar surface area (TPSA) is 15.3 Å². The van der Waals surface area contributed by atoms with E-state index in [9.17, 15) is 4.39 Å². The molecule has 0 saturated carbocycles. The Morgan fingerprint density at radius 1 is 1.42 bits per heavy atom. The van der Waals surface area contributed by atoms with Crippen LogP contribution in [0.25, 0.3) is 0 Å². The maximum Gasteiger partial charge on any atom is 0.123 e. The van der Waals surface area contributed by atoms with Crippen molar-refractivity contribution in [3.8, 4) is 0 Å². The molecule has 2 rings (SSSR count). The third-order valence-corrected chi connectivity index (χ3v) is 4.28. The molecule has 1 aromatic carbocycles. The van der Waals surface area contributed by atoms with Crippen LogP contribution in [0.5, 0.6) is 0 Å². The highest BCUT2D eigenvalue weighted by Gasteiger charge is 2.32. The van der Waals surface area contributed by atoms with Gasteiger partial charge in [-0.25, -0.2) is 4.39 Å². The number of benzene rings is 1. The zero-order chi connectivity index (χ0) is 13.8. The number of rotatable bonds is 4. The Balaban J connectivity index is 2.33. The van der Waals surface area contributed by atoms with Crippen LogP contribution in [0.3, 0.4) is 0 Å². The summed E-state index contributed by atoms with van der Waals surface area (Å²) in [5.41, 5.74) is 2.37. The molecule has 0 radical (unpaired) electrons. The summed E-state index contributed by atoms with van der Waals surface area (Å²) >= 11 is 0. The molecule has 1 aromatic rings. The van der Waals surface area contributed by atoms with Gasteiger partial charge < -0.3 is 5.32 Å². The van der Waals surface area contributed by atoms with Crippen LogP contribution in [0.4, 0.5) is 4.39 Å². The van der Waals surface area contributed by atoms with E-state index < -0.39 is 0 Å². The number of nitrogens with zero attached hydrogens (tertiary/aromatic N) is 1. The van der Waals surface area contributed by atoms with E-state index in [1.165, 1.54) is 18.4 Å². The molecule has 19 heavy (non-hydrogen) atoms. The molecule has 2 unspecified atom stereocenters. The van der Waals surface area contributed by atoms with Gasteiger partial charge in [0.2, 0.25) is 0 Å². The monoisotopic (exact) mass is 264 g/mol. The van der Waals surface area contributed by atoms with Crippen molar-refractivity contribution < 1.29 is 4.39 Å². The van der Waals surface area contributed by atoms with Crippen molar-refractivity contribution >= 4 is 0 Å². The number of likely N-dealkylation sites (tertiary alicyclic amines) is 1. The lowest BCUT2D eigenvalue weighted by molar-refractivity contribution is 0.0977. The fraction of sp³-hybridized carbons (Fsp3) is 0.625. The minimum absolute atomic E-state index is 0.134. The van der Waals surface area contributed by atoms with E-state index in [1.54, 1.807) is 12.1 Å². The Kier molecular flexibility index (Phi) is 4.94. The highest BCUT2D eigenvalue weighted by molar-refractivity contribution is 5.30. The third-order valence-electron chi connectivity index (χ3n) is 4.28. The normalized spacial score (nSPS) is 24.6. The Morgan fingerprint density at radius 3 is 2.84 bits per heavy atom. The smallest absolute Gasteiger partial charge is 0.123 e. The first-order valence-electron chi connectivity index (χ1n) is 7.32. The number of piperidine rings is 1. The van der Waals surface area contributed by atoms with Gasteiger partial charge in [0.15, 0.2) is 0 Å². The molecule has 106 valence electrons. The summed E-state index contributed by atoms with van der Waals surface area (Å²) in [6.45, 7) is 7.47.